The maximum absolute atomic E-state index is 4.88. The number of likely N-dealkylation sites (tertiary alicyclic amines) is 1. The van der Waals surface area contributed by atoms with Crippen molar-refractivity contribution in [2.45, 2.75) is 70.8 Å². The van der Waals surface area contributed by atoms with E-state index in [1.54, 1.807) is 0 Å². The van der Waals surface area contributed by atoms with E-state index in [2.05, 4.69) is 53.7 Å². The van der Waals surface area contributed by atoms with E-state index < -0.39 is 0 Å². The van der Waals surface area contributed by atoms with Gasteiger partial charge < -0.3 is 0 Å². The largest absolute Gasteiger partial charge is 0.297 e. The highest BCUT2D eigenvalue weighted by Gasteiger charge is 2.28. The molecule has 0 amide bonds. The molecule has 1 fully saturated rings. The predicted octanol–water partition coefficient (Wildman–Crippen LogP) is 3.02. The highest BCUT2D eigenvalue weighted by Crippen LogP contribution is 2.30. The van der Waals surface area contributed by atoms with Gasteiger partial charge in [-0.25, -0.2) is 0 Å². The molecular weight excluding hydrogens is 362 g/mol. The monoisotopic (exact) mass is 393 g/mol. The number of nitrogens with zero attached hydrogens (tertiary/aromatic N) is 7. The molecule has 5 rings (SSSR count). The number of aryl methyl sites for hydroxylation is 2. The van der Waals surface area contributed by atoms with Gasteiger partial charge in [0.2, 0.25) is 0 Å². The lowest BCUT2D eigenvalue weighted by molar-refractivity contribution is 0.196. The van der Waals surface area contributed by atoms with Crippen LogP contribution in [-0.2, 0) is 31.8 Å². The van der Waals surface area contributed by atoms with Crippen molar-refractivity contribution in [2.24, 2.45) is 7.05 Å². The van der Waals surface area contributed by atoms with Crippen LogP contribution in [0.25, 0.3) is 5.65 Å². The van der Waals surface area contributed by atoms with Gasteiger partial charge in [-0.2, -0.15) is 14.7 Å². The van der Waals surface area contributed by atoms with Crippen molar-refractivity contribution in [3.8, 4) is 0 Å². The van der Waals surface area contributed by atoms with Gasteiger partial charge in [0.05, 0.1) is 17.1 Å². The van der Waals surface area contributed by atoms with Gasteiger partial charge in [-0.15, -0.1) is 10.2 Å². The Morgan fingerprint density at radius 1 is 1.03 bits per heavy atom. The summed E-state index contributed by atoms with van der Waals surface area (Å²) in [6, 6.07) is 4.12. The molecule has 0 unspecified atom stereocenters. The van der Waals surface area contributed by atoms with Crippen LogP contribution in [0.1, 0.15) is 74.4 Å². The fraction of sp³-hybridized carbons (Fsp3) is 0.636. The van der Waals surface area contributed by atoms with Crippen LogP contribution in [0.3, 0.4) is 0 Å². The number of hydrogen-bond acceptors (Lipinski definition) is 5. The lowest BCUT2D eigenvalue weighted by atomic mass is 9.92. The molecule has 1 aliphatic carbocycles. The Labute approximate surface area is 172 Å². The Morgan fingerprint density at radius 2 is 1.83 bits per heavy atom. The van der Waals surface area contributed by atoms with Crippen LogP contribution >= 0.6 is 0 Å². The van der Waals surface area contributed by atoms with E-state index in [1.165, 1.54) is 29.8 Å². The van der Waals surface area contributed by atoms with E-state index in [0.29, 0.717) is 5.92 Å². The van der Waals surface area contributed by atoms with Crippen molar-refractivity contribution in [3.05, 3.63) is 40.6 Å². The minimum absolute atomic E-state index is 0.0163. The summed E-state index contributed by atoms with van der Waals surface area (Å²) in [7, 11) is 2.10. The first-order chi connectivity index (χ1) is 13.9. The molecule has 7 heteroatoms. The minimum Gasteiger partial charge on any atom is -0.297 e. The molecule has 0 spiro atoms. The SMILES string of the molecule is Cn1nc2c(c1CN1CCC(c3nnc4ccc(C(C)(C)C)nn34)CC1)CCC2. The molecule has 0 atom stereocenters. The average Bonchev–Trinajstić information content (AvgIpc) is 3.38. The summed E-state index contributed by atoms with van der Waals surface area (Å²) in [4.78, 5) is 2.57. The fourth-order valence-electron chi connectivity index (χ4n) is 4.80. The third kappa shape index (κ3) is 3.35. The van der Waals surface area contributed by atoms with E-state index in [1.807, 2.05) is 10.6 Å². The summed E-state index contributed by atoms with van der Waals surface area (Å²) in [6.07, 6.45) is 5.80. The molecule has 29 heavy (non-hydrogen) atoms. The lowest BCUT2D eigenvalue weighted by Crippen LogP contribution is -2.34. The molecular formula is C22H31N7. The topological polar surface area (TPSA) is 64.1 Å². The van der Waals surface area contributed by atoms with Gasteiger partial charge in [0.25, 0.3) is 0 Å². The highest BCUT2D eigenvalue weighted by molar-refractivity contribution is 5.38. The van der Waals surface area contributed by atoms with Gasteiger partial charge >= 0.3 is 0 Å². The molecule has 0 radical (unpaired) electrons. The van der Waals surface area contributed by atoms with Crippen LogP contribution in [0, 0.1) is 0 Å². The standard InChI is InChI=1S/C22H31N7/c1-22(2,3)19-8-9-20-23-24-21(29(20)26-19)15-10-12-28(13-11-15)14-18-16-6-5-7-17(16)25-27(18)4/h8-9,15H,5-7,10-14H2,1-4H3. The van der Waals surface area contributed by atoms with E-state index in [0.717, 1.165) is 56.1 Å². The molecule has 2 aliphatic rings. The Hall–Kier alpha value is -2.28. The first-order valence-corrected chi connectivity index (χ1v) is 10.9. The summed E-state index contributed by atoms with van der Waals surface area (Å²) < 4.78 is 4.09. The Balaban J connectivity index is 1.31. The molecule has 154 valence electrons. The molecule has 0 N–H and O–H groups in total. The summed E-state index contributed by atoms with van der Waals surface area (Å²) >= 11 is 0. The van der Waals surface area contributed by atoms with Gasteiger partial charge in [0.15, 0.2) is 11.5 Å². The molecule has 1 aliphatic heterocycles. The predicted molar refractivity (Wildman–Crippen MR) is 112 cm³/mol. The maximum Gasteiger partial charge on any atom is 0.177 e. The van der Waals surface area contributed by atoms with Crippen molar-refractivity contribution < 1.29 is 0 Å². The summed E-state index contributed by atoms with van der Waals surface area (Å²) in [5, 5.41) is 18.5. The Morgan fingerprint density at radius 3 is 2.59 bits per heavy atom. The summed E-state index contributed by atoms with van der Waals surface area (Å²) in [6.45, 7) is 9.76. The molecule has 3 aromatic heterocycles. The highest BCUT2D eigenvalue weighted by atomic mass is 15.4. The second kappa shape index (κ2) is 6.90. The van der Waals surface area contributed by atoms with Crippen LogP contribution in [0.5, 0.6) is 0 Å². The Bertz CT molecular complexity index is 1030. The van der Waals surface area contributed by atoms with E-state index in [9.17, 15) is 0 Å². The smallest absolute Gasteiger partial charge is 0.177 e. The normalized spacial score (nSPS) is 18.6. The number of piperidine rings is 1. The second-order valence-corrected chi connectivity index (χ2v) is 9.70. The zero-order valence-corrected chi connectivity index (χ0v) is 18.0. The van der Waals surface area contributed by atoms with Crippen molar-refractivity contribution in [1.82, 2.24) is 34.5 Å². The minimum atomic E-state index is 0.0163. The van der Waals surface area contributed by atoms with Crippen molar-refractivity contribution >= 4 is 5.65 Å². The third-order valence-electron chi connectivity index (χ3n) is 6.58. The Kier molecular flexibility index (Phi) is 4.46. The second-order valence-electron chi connectivity index (χ2n) is 9.70. The third-order valence-corrected chi connectivity index (χ3v) is 6.58. The number of hydrogen-bond donors (Lipinski definition) is 0. The fourth-order valence-corrected chi connectivity index (χ4v) is 4.80. The van der Waals surface area contributed by atoms with Crippen LogP contribution < -0.4 is 0 Å². The van der Waals surface area contributed by atoms with Crippen molar-refractivity contribution in [1.29, 1.82) is 0 Å². The molecule has 1 saturated heterocycles. The van der Waals surface area contributed by atoms with Crippen LogP contribution in [-0.4, -0.2) is 47.6 Å². The van der Waals surface area contributed by atoms with Gasteiger partial charge in [0.1, 0.15) is 0 Å². The summed E-state index contributed by atoms with van der Waals surface area (Å²) in [5.74, 6) is 1.44. The van der Waals surface area contributed by atoms with Crippen molar-refractivity contribution in [3.63, 3.8) is 0 Å². The molecule has 0 saturated carbocycles. The van der Waals surface area contributed by atoms with Gasteiger partial charge in [-0.05, 0) is 62.9 Å². The molecule has 0 aromatic carbocycles. The van der Waals surface area contributed by atoms with E-state index in [4.69, 9.17) is 10.2 Å². The zero-order chi connectivity index (χ0) is 20.2. The quantitative estimate of drug-likeness (QED) is 0.684. The lowest BCUT2D eigenvalue weighted by Gasteiger charge is -2.31. The van der Waals surface area contributed by atoms with Crippen LogP contribution in [0.2, 0.25) is 0 Å². The maximum atomic E-state index is 4.88. The van der Waals surface area contributed by atoms with Crippen LogP contribution in [0.4, 0.5) is 0 Å². The number of aromatic nitrogens is 6. The number of rotatable bonds is 3. The van der Waals surface area contributed by atoms with E-state index >= 15 is 0 Å². The zero-order valence-electron chi connectivity index (χ0n) is 18.0. The van der Waals surface area contributed by atoms with Crippen molar-refractivity contribution in [2.75, 3.05) is 13.1 Å². The first kappa shape index (κ1) is 18.7. The van der Waals surface area contributed by atoms with Gasteiger partial charge in [-0.3, -0.25) is 9.58 Å². The molecule has 3 aromatic rings. The average molecular weight is 394 g/mol. The van der Waals surface area contributed by atoms with Gasteiger partial charge in [0, 0.05) is 24.9 Å². The molecule has 4 heterocycles. The summed E-state index contributed by atoms with van der Waals surface area (Å²) in [5.41, 5.74) is 6.20. The van der Waals surface area contributed by atoms with Gasteiger partial charge in [-0.1, -0.05) is 20.8 Å². The first-order valence-electron chi connectivity index (χ1n) is 10.9. The number of fused-ring (bicyclic) bond motifs is 2. The molecule has 7 nitrogen and oxygen atoms in total. The molecule has 0 bridgehead atoms. The van der Waals surface area contributed by atoms with Crippen LogP contribution in [0.15, 0.2) is 12.1 Å². The van der Waals surface area contributed by atoms with E-state index in [-0.39, 0.29) is 5.41 Å².